The Morgan fingerprint density at radius 3 is 2.67 bits per heavy atom. The molecular weight excluding hydrogens is 234 g/mol. The van der Waals surface area contributed by atoms with Crippen molar-refractivity contribution in [1.82, 2.24) is 4.98 Å². The van der Waals surface area contributed by atoms with Crippen molar-refractivity contribution in [2.75, 3.05) is 7.11 Å². The highest BCUT2D eigenvalue weighted by Gasteiger charge is 2.27. The number of aliphatic hydroxyl groups excluding tert-OH is 1. The highest BCUT2D eigenvalue weighted by molar-refractivity contribution is 5.71. The van der Waals surface area contributed by atoms with Gasteiger partial charge in [-0.25, -0.2) is 4.98 Å². The zero-order chi connectivity index (χ0) is 13.5. The molecule has 0 spiro atoms. The van der Waals surface area contributed by atoms with Crippen molar-refractivity contribution in [2.24, 2.45) is 5.92 Å². The average Bonchev–Trinajstić information content (AvgIpc) is 2.38. The third-order valence-electron chi connectivity index (χ3n) is 2.88. The van der Waals surface area contributed by atoms with Crippen LogP contribution >= 0.6 is 0 Å². The third-order valence-corrected chi connectivity index (χ3v) is 2.88. The SMILES string of the molecule is CCCCC(C(=O)O)C(O)c1ccc(OC)nc1. The van der Waals surface area contributed by atoms with Crippen LogP contribution in [0.1, 0.15) is 37.9 Å². The van der Waals surface area contributed by atoms with Crippen molar-refractivity contribution in [3.8, 4) is 5.88 Å². The quantitative estimate of drug-likeness (QED) is 0.777. The van der Waals surface area contributed by atoms with Crippen LogP contribution in [-0.4, -0.2) is 28.3 Å². The lowest BCUT2D eigenvalue weighted by Crippen LogP contribution is -2.22. The summed E-state index contributed by atoms with van der Waals surface area (Å²) in [6, 6.07) is 3.25. The molecule has 2 unspecified atom stereocenters. The lowest BCUT2D eigenvalue weighted by molar-refractivity contribution is -0.146. The fraction of sp³-hybridized carbons (Fsp3) is 0.538. The van der Waals surface area contributed by atoms with Crippen molar-refractivity contribution in [2.45, 2.75) is 32.3 Å². The number of carboxylic acid groups (broad SMARTS) is 1. The van der Waals surface area contributed by atoms with Gasteiger partial charge in [-0.2, -0.15) is 0 Å². The van der Waals surface area contributed by atoms with E-state index in [0.717, 1.165) is 12.8 Å². The number of carbonyl (C=O) groups is 1. The van der Waals surface area contributed by atoms with Gasteiger partial charge in [0, 0.05) is 12.3 Å². The number of carboxylic acids is 1. The third kappa shape index (κ3) is 3.70. The molecule has 2 atom stereocenters. The van der Waals surface area contributed by atoms with Gasteiger partial charge in [-0.05, 0) is 18.1 Å². The van der Waals surface area contributed by atoms with Gasteiger partial charge in [0.25, 0.3) is 0 Å². The maximum Gasteiger partial charge on any atom is 0.309 e. The molecule has 0 amide bonds. The minimum atomic E-state index is -1.03. The first-order valence-electron chi connectivity index (χ1n) is 6.01. The molecule has 0 aromatic carbocycles. The van der Waals surface area contributed by atoms with E-state index in [1.54, 1.807) is 12.1 Å². The van der Waals surface area contributed by atoms with Gasteiger partial charge in [0.05, 0.1) is 19.1 Å². The summed E-state index contributed by atoms with van der Waals surface area (Å²) in [7, 11) is 1.50. The molecular formula is C13H19NO4. The monoisotopic (exact) mass is 253 g/mol. The Labute approximate surface area is 106 Å². The fourth-order valence-electron chi connectivity index (χ4n) is 1.76. The molecule has 1 aromatic rings. The number of aliphatic hydroxyl groups is 1. The van der Waals surface area contributed by atoms with Crippen molar-refractivity contribution >= 4 is 5.97 Å². The van der Waals surface area contributed by atoms with Gasteiger partial charge in [-0.1, -0.05) is 19.8 Å². The predicted octanol–water partition coefficient (Wildman–Crippen LogP) is 2.01. The molecule has 0 fully saturated rings. The van der Waals surface area contributed by atoms with E-state index in [2.05, 4.69) is 4.98 Å². The maximum absolute atomic E-state index is 11.1. The first-order valence-corrected chi connectivity index (χ1v) is 6.01. The number of hydrogen-bond acceptors (Lipinski definition) is 4. The van der Waals surface area contributed by atoms with Crippen molar-refractivity contribution in [3.05, 3.63) is 23.9 Å². The second-order valence-electron chi connectivity index (χ2n) is 4.17. The Hall–Kier alpha value is -1.62. The minimum Gasteiger partial charge on any atom is -0.481 e. The Morgan fingerprint density at radius 1 is 1.50 bits per heavy atom. The van der Waals surface area contributed by atoms with Gasteiger partial charge in [0.2, 0.25) is 5.88 Å². The summed E-state index contributed by atoms with van der Waals surface area (Å²) in [5, 5.41) is 19.2. The number of rotatable bonds is 7. The summed E-state index contributed by atoms with van der Waals surface area (Å²) < 4.78 is 4.91. The van der Waals surface area contributed by atoms with Gasteiger partial charge < -0.3 is 14.9 Å². The van der Waals surface area contributed by atoms with Crippen LogP contribution in [0.25, 0.3) is 0 Å². The van der Waals surface area contributed by atoms with E-state index in [9.17, 15) is 9.90 Å². The van der Waals surface area contributed by atoms with Crippen LogP contribution in [0.4, 0.5) is 0 Å². The minimum absolute atomic E-state index is 0.436. The van der Waals surface area contributed by atoms with Crippen LogP contribution in [0.2, 0.25) is 0 Å². The standard InChI is InChI=1S/C13H19NO4/c1-3-4-5-10(13(16)17)12(15)9-6-7-11(18-2)14-8-9/h6-8,10,12,15H,3-5H2,1-2H3,(H,16,17). The number of aliphatic carboxylic acids is 1. The molecule has 0 saturated heterocycles. The van der Waals surface area contributed by atoms with Crippen LogP contribution in [0, 0.1) is 5.92 Å². The van der Waals surface area contributed by atoms with E-state index >= 15 is 0 Å². The van der Waals surface area contributed by atoms with Crippen LogP contribution in [0.3, 0.4) is 0 Å². The second-order valence-corrected chi connectivity index (χ2v) is 4.17. The van der Waals surface area contributed by atoms with Crippen LogP contribution < -0.4 is 4.74 Å². The molecule has 0 saturated carbocycles. The van der Waals surface area contributed by atoms with Gasteiger partial charge in [0.1, 0.15) is 0 Å². The van der Waals surface area contributed by atoms with Crippen molar-refractivity contribution in [3.63, 3.8) is 0 Å². The average molecular weight is 253 g/mol. The van der Waals surface area contributed by atoms with Gasteiger partial charge in [-0.15, -0.1) is 0 Å². The number of methoxy groups -OCH3 is 1. The molecule has 0 aliphatic heterocycles. The molecule has 2 N–H and O–H groups in total. The van der Waals surface area contributed by atoms with Crippen LogP contribution in [0.5, 0.6) is 5.88 Å². The Balaban J connectivity index is 2.80. The molecule has 0 bridgehead atoms. The largest absolute Gasteiger partial charge is 0.481 e. The van der Waals surface area contributed by atoms with E-state index in [0.29, 0.717) is 17.9 Å². The molecule has 0 aliphatic rings. The smallest absolute Gasteiger partial charge is 0.309 e. The highest BCUT2D eigenvalue weighted by Crippen LogP contribution is 2.26. The summed E-state index contributed by atoms with van der Waals surface area (Å²) >= 11 is 0. The van der Waals surface area contributed by atoms with Gasteiger partial charge >= 0.3 is 5.97 Å². The second kappa shape index (κ2) is 6.96. The van der Waals surface area contributed by atoms with Crippen molar-refractivity contribution < 1.29 is 19.7 Å². The first kappa shape index (κ1) is 14.4. The molecule has 18 heavy (non-hydrogen) atoms. The summed E-state index contributed by atoms with van der Waals surface area (Å²) in [4.78, 5) is 15.1. The Bertz CT molecular complexity index is 377. The van der Waals surface area contributed by atoms with Gasteiger partial charge in [0.15, 0.2) is 0 Å². The number of nitrogens with zero attached hydrogens (tertiary/aromatic N) is 1. The van der Waals surface area contributed by atoms with Crippen LogP contribution in [0.15, 0.2) is 18.3 Å². The summed E-state index contributed by atoms with van der Waals surface area (Å²) in [6.07, 6.45) is 2.55. The highest BCUT2D eigenvalue weighted by atomic mass is 16.5. The lowest BCUT2D eigenvalue weighted by Gasteiger charge is -2.19. The van der Waals surface area contributed by atoms with Gasteiger partial charge in [-0.3, -0.25) is 4.79 Å². The number of unbranched alkanes of at least 4 members (excludes halogenated alkanes) is 1. The van der Waals surface area contributed by atoms with Crippen LogP contribution in [-0.2, 0) is 4.79 Å². The predicted molar refractivity (Wildman–Crippen MR) is 66.4 cm³/mol. The molecule has 100 valence electrons. The zero-order valence-electron chi connectivity index (χ0n) is 10.7. The van der Waals surface area contributed by atoms with E-state index in [-0.39, 0.29) is 0 Å². The molecule has 5 heteroatoms. The maximum atomic E-state index is 11.1. The molecule has 1 heterocycles. The number of pyridine rings is 1. The molecule has 1 rings (SSSR count). The summed E-state index contributed by atoms with van der Waals surface area (Å²) in [5.74, 6) is -1.33. The number of ether oxygens (including phenoxy) is 1. The molecule has 0 radical (unpaired) electrons. The zero-order valence-corrected chi connectivity index (χ0v) is 10.7. The number of aromatic nitrogens is 1. The van der Waals surface area contributed by atoms with E-state index in [4.69, 9.17) is 9.84 Å². The Morgan fingerprint density at radius 2 is 2.22 bits per heavy atom. The van der Waals surface area contributed by atoms with E-state index in [1.807, 2.05) is 6.92 Å². The summed E-state index contributed by atoms with van der Waals surface area (Å²) in [5.41, 5.74) is 0.499. The fourth-order valence-corrected chi connectivity index (χ4v) is 1.76. The molecule has 1 aromatic heterocycles. The first-order chi connectivity index (χ1) is 8.60. The molecule has 0 aliphatic carbocycles. The van der Waals surface area contributed by atoms with E-state index in [1.165, 1.54) is 13.3 Å². The van der Waals surface area contributed by atoms with Crippen molar-refractivity contribution in [1.29, 1.82) is 0 Å². The molecule has 5 nitrogen and oxygen atoms in total. The van der Waals surface area contributed by atoms with E-state index < -0.39 is 18.0 Å². The Kier molecular flexibility index (Phi) is 5.58. The normalized spacial score (nSPS) is 13.9. The number of hydrogen-bond donors (Lipinski definition) is 2. The topological polar surface area (TPSA) is 79.7 Å². The lowest BCUT2D eigenvalue weighted by atomic mass is 9.92. The summed E-state index contributed by atoms with van der Waals surface area (Å²) in [6.45, 7) is 1.99.